The van der Waals surface area contributed by atoms with Crippen molar-refractivity contribution in [3.05, 3.63) is 29.6 Å². The number of nitriles is 1. The Labute approximate surface area is 113 Å². The number of hydrogen-bond donors (Lipinski definition) is 1. The Balaban J connectivity index is 2.97. The summed E-state index contributed by atoms with van der Waals surface area (Å²) in [4.78, 5) is 17.7. The van der Waals surface area contributed by atoms with Crippen molar-refractivity contribution in [2.45, 2.75) is 6.92 Å². The highest BCUT2D eigenvalue weighted by atomic mass is 16.2. The van der Waals surface area contributed by atoms with E-state index < -0.39 is 0 Å². The minimum atomic E-state index is -0.214. The van der Waals surface area contributed by atoms with Crippen molar-refractivity contribution < 1.29 is 4.79 Å². The molecule has 0 aliphatic heterocycles. The first-order valence-electron chi connectivity index (χ1n) is 5.88. The van der Waals surface area contributed by atoms with Crippen molar-refractivity contribution in [1.82, 2.24) is 9.88 Å². The Bertz CT molecular complexity index is 551. The van der Waals surface area contributed by atoms with Gasteiger partial charge in [0.15, 0.2) is 0 Å². The highest BCUT2D eigenvalue weighted by Gasteiger charge is 2.16. The molecule has 2 N–H and O–H groups in total. The molecule has 0 radical (unpaired) electrons. The molecule has 98 valence electrons. The van der Waals surface area contributed by atoms with E-state index in [1.807, 2.05) is 0 Å². The summed E-state index contributed by atoms with van der Waals surface area (Å²) in [5.41, 5.74) is 6.35. The van der Waals surface area contributed by atoms with E-state index in [9.17, 15) is 4.79 Å². The molecule has 5 heteroatoms. The maximum absolute atomic E-state index is 12.3. The number of hydrogen-bond acceptors (Lipinski definition) is 4. The van der Waals surface area contributed by atoms with E-state index in [1.54, 1.807) is 26.2 Å². The Kier molecular flexibility index (Phi) is 5.53. The highest BCUT2D eigenvalue weighted by molar-refractivity contribution is 5.96. The van der Waals surface area contributed by atoms with Crippen LogP contribution in [0.3, 0.4) is 0 Å². The number of amides is 1. The first-order valence-corrected chi connectivity index (χ1v) is 5.88. The zero-order valence-corrected chi connectivity index (χ0v) is 11.1. The molecule has 1 aromatic heterocycles. The van der Waals surface area contributed by atoms with Gasteiger partial charge in [0.25, 0.3) is 5.91 Å². The van der Waals surface area contributed by atoms with Gasteiger partial charge in [-0.05, 0) is 13.0 Å². The predicted octanol–water partition coefficient (Wildman–Crippen LogP) is 0.623. The van der Waals surface area contributed by atoms with Gasteiger partial charge in [0, 0.05) is 26.0 Å². The number of rotatable bonds is 3. The second kappa shape index (κ2) is 7.15. The van der Waals surface area contributed by atoms with Crippen molar-refractivity contribution in [1.29, 1.82) is 5.26 Å². The van der Waals surface area contributed by atoms with E-state index in [0.29, 0.717) is 17.7 Å². The third-order valence-electron chi connectivity index (χ3n) is 2.49. The van der Waals surface area contributed by atoms with E-state index in [1.165, 1.54) is 11.1 Å². The van der Waals surface area contributed by atoms with E-state index >= 15 is 0 Å². The summed E-state index contributed by atoms with van der Waals surface area (Å²) in [6.45, 7) is 2.37. The lowest BCUT2D eigenvalue weighted by atomic mass is 10.1. The minimum absolute atomic E-state index is 0.175. The normalized spacial score (nSPS) is 10.8. The summed E-state index contributed by atoms with van der Waals surface area (Å²) in [6.07, 6.45) is 3.08. The molecule has 0 saturated heterocycles. The fourth-order valence-electron chi connectivity index (χ4n) is 1.57. The third kappa shape index (κ3) is 4.09. The molecule has 0 saturated carbocycles. The van der Waals surface area contributed by atoms with Gasteiger partial charge < -0.3 is 10.6 Å². The van der Waals surface area contributed by atoms with Crippen molar-refractivity contribution in [2.75, 3.05) is 20.1 Å². The van der Waals surface area contributed by atoms with Crippen LogP contribution in [0.4, 0.5) is 0 Å². The van der Waals surface area contributed by atoms with Gasteiger partial charge in [0.1, 0.15) is 0 Å². The van der Waals surface area contributed by atoms with Crippen LogP contribution in [-0.2, 0) is 0 Å². The summed E-state index contributed by atoms with van der Waals surface area (Å²) in [5.74, 6) is 5.14. The van der Waals surface area contributed by atoms with E-state index in [-0.39, 0.29) is 18.4 Å². The average Bonchev–Trinajstić information content (AvgIpc) is 2.44. The SMILES string of the molecule is CC(C#N)CN(C)C(=O)c1ccncc1C#CCN. The quantitative estimate of drug-likeness (QED) is 0.804. The maximum atomic E-state index is 12.3. The van der Waals surface area contributed by atoms with Crippen molar-refractivity contribution in [3.8, 4) is 17.9 Å². The van der Waals surface area contributed by atoms with E-state index in [2.05, 4.69) is 22.9 Å². The topological polar surface area (TPSA) is 83.0 Å². The first-order chi connectivity index (χ1) is 9.10. The predicted molar refractivity (Wildman–Crippen MR) is 71.9 cm³/mol. The molecule has 1 atom stereocenters. The number of nitrogens with zero attached hydrogens (tertiary/aromatic N) is 3. The Morgan fingerprint density at radius 2 is 2.37 bits per heavy atom. The zero-order valence-electron chi connectivity index (χ0n) is 11.1. The number of carbonyl (C=O) groups excluding carboxylic acids is 1. The van der Waals surface area contributed by atoms with Crippen LogP contribution in [0, 0.1) is 29.1 Å². The zero-order chi connectivity index (χ0) is 14.3. The first kappa shape index (κ1) is 14.7. The Hall–Kier alpha value is -2.37. The van der Waals surface area contributed by atoms with Crippen LogP contribution in [0.5, 0.6) is 0 Å². The summed E-state index contributed by atoms with van der Waals surface area (Å²) in [5, 5.41) is 8.77. The number of aromatic nitrogens is 1. The van der Waals surface area contributed by atoms with Gasteiger partial charge in [0.05, 0.1) is 29.7 Å². The fourth-order valence-corrected chi connectivity index (χ4v) is 1.57. The molecule has 1 rings (SSSR count). The second-order valence-corrected chi connectivity index (χ2v) is 4.14. The molecular weight excluding hydrogens is 240 g/mol. The number of carbonyl (C=O) groups is 1. The molecule has 0 aliphatic rings. The molecule has 0 spiro atoms. The molecule has 1 unspecified atom stereocenters. The molecule has 0 fully saturated rings. The van der Waals surface area contributed by atoms with E-state index in [4.69, 9.17) is 11.0 Å². The standard InChI is InChI=1S/C14H16N4O/c1-11(8-16)10-18(2)14(19)13-5-7-17-9-12(13)4-3-6-15/h5,7,9,11H,6,10,15H2,1-2H3. The van der Waals surface area contributed by atoms with Gasteiger partial charge in [-0.3, -0.25) is 9.78 Å². The molecule has 19 heavy (non-hydrogen) atoms. The van der Waals surface area contributed by atoms with Gasteiger partial charge in [-0.2, -0.15) is 5.26 Å². The second-order valence-electron chi connectivity index (χ2n) is 4.14. The average molecular weight is 256 g/mol. The van der Waals surface area contributed by atoms with Crippen LogP contribution < -0.4 is 5.73 Å². The molecule has 1 amide bonds. The van der Waals surface area contributed by atoms with Crippen LogP contribution in [0.15, 0.2) is 18.5 Å². The Morgan fingerprint density at radius 3 is 3.00 bits per heavy atom. The van der Waals surface area contributed by atoms with Crippen LogP contribution in [-0.4, -0.2) is 35.9 Å². The smallest absolute Gasteiger partial charge is 0.255 e. The molecule has 0 bridgehead atoms. The summed E-state index contributed by atoms with van der Waals surface area (Å²) < 4.78 is 0. The van der Waals surface area contributed by atoms with Gasteiger partial charge in [-0.25, -0.2) is 0 Å². The lowest BCUT2D eigenvalue weighted by molar-refractivity contribution is 0.0784. The Morgan fingerprint density at radius 1 is 1.63 bits per heavy atom. The van der Waals surface area contributed by atoms with Gasteiger partial charge in [-0.1, -0.05) is 11.8 Å². The van der Waals surface area contributed by atoms with Crippen molar-refractivity contribution in [2.24, 2.45) is 11.7 Å². The monoisotopic (exact) mass is 256 g/mol. The molecule has 1 heterocycles. The van der Waals surface area contributed by atoms with Gasteiger partial charge in [0.2, 0.25) is 0 Å². The number of pyridine rings is 1. The van der Waals surface area contributed by atoms with E-state index in [0.717, 1.165) is 0 Å². The van der Waals surface area contributed by atoms with Gasteiger partial charge >= 0.3 is 0 Å². The molecule has 0 aliphatic carbocycles. The fraction of sp³-hybridized carbons (Fsp3) is 0.357. The molecule has 5 nitrogen and oxygen atoms in total. The highest BCUT2D eigenvalue weighted by Crippen LogP contribution is 2.10. The lowest BCUT2D eigenvalue weighted by Crippen LogP contribution is -2.31. The third-order valence-corrected chi connectivity index (χ3v) is 2.49. The molecule has 1 aromatic rings. The minimum Gasteiger partial charge on any atom is -0.340 e. The van der Waals surface area contributed by atoms with Crippen molar-refractivity contribution >= 4 is 5.91 Å². The van der Waals surface area contributed by atoms with Crippen LogP contribution in [0.25, 0.3) is 0 Å². The molecule has 0 aromatic carbocycles. The maximum Gasteiger partial charge on any atom is 0.255 e. The van der Waals surface area contributed by atoms with Crippen LogP contribution >= 0.6 is 0 Å². The van der Waals surface area contributed by atoms with Crippen molar-refractivity contribution in [3.63, 3.8) is 0 Å². The molecular formula is C14H16N4O. The summed E-state index contributed by atoms with van der Waals surface area (Å²) in [7, 11) is 1.66. The number of nitrogens with two attached hydrogens (primary N) is 1. The summed E-state index contributed by atoms with van der Waals surface area (Å²) >= 11 is 0. The lowest BCUT2D eigenvalue weighted by Gasteiger charge is -2.18. The van der Waals surface area contributed by atoms with Gasteiger partial charge in [-0.15, -0.1) is 0 Å². The van der Waals surface area contributed by atoms with Crippen LogP contribution in [0.1, 0.15) is 22.8 Å². The largest absolute Gasteiger partial charge is 0.340 e. The summed E-state index contributed by atoms with van der Waals surface area (Å²) in [6, 6.07) is 3.72. The van der Waals surface area contributed by atoms with Crippen LogP contribution in [0.2, 0.25) is 0 Å².